The van der Waals surface area contributed by atoms with Gasteiger partial charge in [0.2, 0.25) is 0 Å². The number of nitrogens with one attached hydrogen (secondary N) is 2. The van der Waals surface area contributed by atoms with Crippen molar-refractivity contribution in [2.45, 2.75) is 32.6 Å². The van der Waals surface area contributed by atoms with Crippen molar-refractivity contribution in [3.8, 4) is 5.75 Å². The Kier molecular flexibility index (Phi) is 11.9. The maximum Gasteiger partial charge on any atom is 0.422 e. The second kappa shape index (κ2) is 13.3. The molecular formula is C21H35F3IN5O. The number of benzene rings is 1. The molecule has 0 spiro atoms. The SMILES string of the molecule is CN=C(NCc1ccc(OCC(F)(F)F)cc1)NCC(C(C)C)N1CCN(C)CC1.I. The summed E-state index contributed by atoms with van der Waals surface area (Å²) in [5.74, 6) is 1.42. The highest BCUT2D eigenvalue weighted by Crippen LogP contribution is 2.19. The van der Waals surface area contributed by atoms with Crippen LogP contribution >= 0.6 is 24.0 Å². The number of alkyl halides is 3. The molecule has 0 aliphatic carbocycles. The van der Waals surface area contributed by atoms with Crippen molar-refractivity contribution < 1.29 is 17.9 Å². The lowest BCUT2D eigenvalue weighted by atomic mass is 10.0. The van der Waals surface area contributed by atoms with Crippen LogP contribution in [0.3, 0.4) is 0 Å². The maximum absolute atomic E-state index is 12.2. The van der Waals surface area contributed by atoms with Crippen molar-refractivity contribution >= 4 is 29.9 Å². The number of likely N-dealkylation sites (N-methyl/N-ethyl adjacent to an activating group) is 1. The first kappa shape index (κ1) is 27.8. The molecule has 1 aromatic carbocycles. The normalized spacial score (nSPS) is 17.2. The van der Waals surface area contributed by atoms with E-state index < -0.39 is 12.8 Å². The minimum absolute atomic E-state index is 0. The summed E-state index contributed by atoms with van der Waals surface area (Å²) in [5.41, 5.74) is 0.928. The molecule has 1 unspecified atom stereocenters. The molecule has 31 heavy (non-hydrogen) atoms. The van der Waals surface area contributed by atoms with Crippen LogP contribution in [0.4, 0.5) is 13.2 Å². The third kappa shape index (κ3) is 10.3. The van der Waals surface area contributed by atoms with Gasteiger partial charge in [0.25, 0.3) is 0 Å². The van der Waals surface area contributed by atoms with Gasteiger partial charge in [0.15, 0.2) is 12.6 Å². The van der Waals surface area contributed by atoms with Gasteiger partial charge in [-0.05, 0) is 30.7 Å². The Morgan fingerprint density at radius 1 is 1.10 bits per heavy atom. The molecule has 0 amide bonds. The number of hydrogen-bond donors (Lipinski definition) is 2. The highest BCUT2D eigenvalue weighted by Gasteiger charge is 2.28. The smallest absolute Gasteiger partial charge is 0.422 e. The number of guanidine groups is 1. The molecule has 10 heteroatoms. The molecule has 1 saturated heterocycles. The standard InChI is InChI=1S/C21H34F3N5O.HI/c1-16(2)19(29-11-9-28(4)10-12-29)14-27-20(25-3)26-13-17-5-7-18(8-6-17)30-15-21(22,23)24;/h5-8,16,19H,9-15H2,1-4H3,(H2,25,26,27);1H. The number of ether oxygens (including phenoxy) is 1. The Morgan fingerprint density at radius 3 is 2.23 bits per heavy atom. The van der Waals surface area contributed by atoms with Crippen LogP contribution in [0.5, 0.6) is 5.75 Å². The highest BCUT2D eigenvalue weighted by molar-refractivity contribution is 14.0. The highest BCUT2D eigenvalue weighted by atomic mass is 127. The van der Waals surface area contributed by atoms with Crippen LogP contribution in [0.1, 0.15) is 19.4 Å². The minimum atomic E-state index is -4.34. The third-order valence-corrected chi connectivity index (χ3v) is 5.26. The molecule has 178 valence electrons. The van der Waals surface area contributed by atoms with E-state index in [2.05, 4.69) is 46.3 Å². The van der Waals surface area contributed by atoms with Crippen molar-refractivity contribution in [3.05, 3.63) is 29.8 Å². The van der Waals surface area contributed by atoms with Gasteiger partial charge in [-0.25, -0.2) is 0 Å². The molecule has 2 N–H and O–H groups in total. The number of rotatable bonds is 8. The first-order chi connectivity index (χ1) is 14.2. The van der Waals surface area contributed by atoms with E-state index in [4.69, 9.17) is 4.74 Å². The van der Waals surface area contributed by atoms with Crippen LogP contribution in [-0.4, -0.2) is 81.4 Å². The minimum Gasteiger partial charge on any atom is -0.484 e. The zero-order valence-electron chi connectivity index (χ0n) is 18.7. The summed E-state index contributed by atoms with van der Waals surface area (Å²) >= 11 is 0. The van der Waals surface area contributed by atoms with Crippen molar-refractivity contribution in [2.24, 2.45) is 10.9 Å². The molecule has 1 atom stereocenters. The molecule has 0 aromatic heterocycles. The van der Waals surface area contributed by atoms with Gasteiger partial charge >= 0.3 is 6.18 Å². The molecule has 1 aliphatic heterocycles. The fraction of sp³-hybridized carbons (Fsp3) is 0.667. The van der Waals surface area contributed by atoms with E-state index >= 15 is 0 Å². The topological polar surface area (TPSA) is 52.1 Å². The average Bonchev–Trinajstić information content (AvgIpc) is 2.70. The van der Waals surface area contributed by atoms with Crippen molar-refractivity contribution in [1.82, 2.24) is 20.4 Å². The molecule has 0 saturated carbocycles. The third-order valence-electron chi connectivity index (χ3n) is 5.26. The van der Waals surface area contributed by atoms with Crippen LogP contribution in [0, 0.1) is 5.92 Å². The van der Waals surface area contributed by atoms with Crippen LogP contribution in [-0.2, 0) is 6.54 Å². The zero-order chi connectivity index (χ0) is 22.1. The summed E-state index contributed by atoms with van der Waals surface area (Å²) in [6.45, 7) is 8.80. The Bertz CT molecular complexity index is 662. The van der Waals surface area contributed by atoms with Gasteiger partial charge < -0.3 is 20.3 Å². The fourth-order valence-electron chi connectivity index (χ4n) is 3.42. The summed E-state index contributed by atoms with van der Waals surface area (Å²) in [4.78, 5) is 9.16. The molecule has 0 bridgehead atoms. The summed E-state index contributed by atoms with van der Waals surface area (Å²) in [6, 6.07) is 6.99. The fourth-order valence-corrected chi connectivity index (χ4v) is 3.42. The molecule has 2 rings (SSSR count). The molecule has 1 fully saturated rings. The Hall–Kier alpha value is -1.27. The van der Waals surface area contributed by atoms with E-state index in [9.17, 15) is 13.2 Å². The van der Waals surface area contributed by atoms with E-state index in [-0.39, 0.29) is 29.7 Å². The second-order valence-corrected chi connectivity index (χ2v) is 8.01. The van der Waals surface area contributed by atoms with E-state index in [1.807, 2.05) is 0 Å². The predicted octanol–water partition coefficient (Wildman–Crippen LogP) is 3.18. The van der Waals surface area contributed by atoms with E-state index in [0.717, 1.165) is 38.3 Å². The van der Waals surface area contributed by atoms with Gasteiger partial charge in [-0.3, -0.25) is 9.89 Å². The lowest BCUT2D eigenvalue weighted by molar-refractivity contribution is -0.153. The largest absolute Gasteiger partial charge is 0.484 e. The van der Waals surface area contributed by atoms with E-state index in [1.54, 1.807) is 31.3 Å². The zero-order valence-corrected chi connectivity index (χ0v) is 21.0. The lowest BCUT2D eigenvalue weighted by Crippen LogP contribution is -2.55. The number of piperazine rings is 1. The van der Waals surface area contributed by atoms with Crippen LogP contribution in [0.2, 0.25) is 0 Å². The lowest BCUT2D eigenvalue weighted by Gasteiger charge is -2.40. The molecule has 6 nitrogen and oxygen atoms in total. The second-order valence-electron chi connectivity index (χ2n) is 8.01. The van der Waals surface area contributed by atoms with E-state index in [0.29, 0.717) is 24.5 Å². The summed E-state index contributed by atoms with van der Waals surface area (Å²) < 4.78 is 41.4. The Morgan fingerprint density at radius 2 is 1.71 bits per heavy atom. The molecule has 1 heterocycles. The quantitative estimate of drug-likeness (QED) is 0.292. The van der Waals surface area contributed by atoms with Crippen molar-refractivity contribution in [2.75, 3.05) is 53.4 Å². The Labute approximate surface area is 200 Å². The summed E-state index contributed by atoms with van der Waals surface area (Å²) in [6.07, 6.45) is -4.34. The molecule has 1 aliphatic rings. The van der Waals surface area contributed by atoms with Crippen LogP contribution in [0.25, 0.3) is 0 Å². The molecular weight excluding hydrogens is 522 g/mol. The number of halogens is 4. The van der Waals surface area contributed by atoms with Gasteiger partial charge in [0.1, 0.15) is 5.75 Å². The monoisotopic (exact) mass is 557 g/mol. The number of hydrogen-bond acceptors (Lipinski definition) is 4. The first-order valence-corrected chi connectivity index (χ1v) is 10.3. The maximum atomic E-state index is 12.2. The first-order valence-electron chi connectivity index (χ1n) is 10.3. The molecule has 0 radical (unpaired) electrons. The van der Waals surface area contributed by atoms with E-state index in [1.165, 1.54) is 0 Å². The molecule has 1 aromatic rings. The van der Waals surface area contributed by atoms with Gasteiger partial charge in [0.05, 0.1) is 0 Å². The van der Waals surface area contributed by atoms with Crippen molar-refractivity contribution in [3.63, 3.8) is 0 Å². The predicted molar refractivity (Wildman–Crippen MR) is 129 cm³/mol. The average molecular weight is 557 g/mol. The van der Waals surface area contributed by atoms with Crippen LogP contribution in [0.15, 0.2) is 29.3 Å². The van der Waals surface area contributed by atoms with Gasteiger partial charge in [-0.1, -0.05) is 26.0 Å². The Balaban J connectivity index is 0.00000480. The van der Waals surface area contributed by atoms with Gasteiger partial charge in [-0.2, -0.15) is 13.2 Å². The van der Waals surface area contributed by atoms with Gasteiger partial charge in [-0.15, -0.1) is 24.0 Å². The van der Waals surface area contributed by atoms with Crippen molar-refractivity contribution in [1.29, 1.82) is 0 Å². The summed E-state index contributed by atoms with van der Waals surface area (Å²) in [7, 11) is 3.88. The number of aliphatic imine (C=N–C) groups is 1. The summed E-state index contributed by atoms with van der Waals surface area (Å²) in [5, 5.41) is 6.67. The number of nitrogens with zero attached hydrogens (tertiary/aromatic N) is 3. The van der Waals surface area contributed by atoms with Gasteiger partial charge in [0, 0.05) is 52.4 Å². The van der Waals surface area contributed by atoms with Crippen LogP contribution < -0.4 is 15.4 Å².